The lowest BCUT2D eigenvalue weighted by Gasteiger charge is -2.18. The molecule has 166 valence electrons. The Hall–Kier alpha value is -4.40. The molecule has 3 aromatic carbocycles. The molecule has 0 spiro atoms. The van der Waals surface area contributed by atoms with E-state index in [2.05, 4.69) is 14.9 Å². The number of fused-ring (bicyclic) bond motifs is 2. The van der Waals surface area contributed by atoms with Crippen molar-refractivity contribution in [3.8, 4) is 11.5 Å². The number of carbonyl (C=O) groups is 1. The summed E-state index contributed by atoms with van der Waals surface area (Å²) in [6, 6.07) is 18.4. The molecule has 33 heavy (non-hydrogen) atoms. The quantitative estimate of drug-likeness (QED) is 0.359. The fraction of sp³-hybridized carbons (Fsp3) is 0.167. The standard InChI is InChI=1S/C24H20N4O5/c29-24(18-11-22-23(33-10-9-32-22)12-21(18)28(30)31)25-13-16-5-7-17(8-6-16)14-27-15-26-19-3-1-2-4-20(19)27/h1-8,11-12,15H,9-10,13-14H2,(H,25,29). The van der Waals surface area contributed by atoms with Crippen LogP contribution in [0, 0.1) is 10.1 Å². The van der Waals surface area contributed by atoms with E-state index in [0.717, 1.165) is 22.2 Å². The van der Waals surface area contributed by atoms with Crippen LogP contribution >= 0.6 is 0 Å². The Kier molecular flexibility index (Phi) is 5.35. The van der Waals surface area contributed by atoms with E-state index in [1.54, 1.807) is 0 Å². The number of hydrogen-bond donors (Lipinski definition) is 1. The lowest BCUT2D eigenvalue weighted by atomic mass is 10.1. The first-order chi connectivity index (χ1) is 16.1. The minimum Gasteiger partial charge on any atom is -0.486 e. The largest absolute Gasteiger partial charge is 0.486 e. The fourth-order valence-corrected chi connectivity index (χ4v) is 3.78. The molecule has 9 nitrogen and oxygen atoms in total. The van der Waals surface area contributed by atoms with Gasteiger partial charge in [0.05, 0.1) is 28.4 Å². The van der Waals surface area contributed by atoms with Gasteiger partial charge in [-0.25, -0.2) is 4.98 Å². The van der Waals surface area contributed by atoms with Crippen LogP contribution < -0.4 is 14.8 Å². The fourth-order valence-electron chi connectivity index (χ4n) is 3.78. The molecule has 0 bridgehead atoms. The van der Waals surface area contributed by atoms with Gasteiger partial charge >= 0.3 is 0 Å². The zero-order valence-corrected chi connectivity index (χ0v) is 17.6. The minimum absolute atomic E-state index is 0.0622. The first kappa shape index (κ1) is 20.5. The number of hydrogen-bond acceptors (Lipinski definition) is 6. The van der Waals surface area contributed by atoms with Crippen molar-refractivity contribution >= 4 is 22.6 Å². The van der Waals surface area contributed by atoms with Gasteiger partial charge in [0.25, 0.3) is 11.6 Å². The molecule has 4 aromatic rings. The minimum atomic E-state index is -0.595. The molecule has 1 N–H and O–H groups in total. The van der Waals surface area contributed by atoms with Crippen LogP contribution in [-0.2, 0) is 13.1 Å². The van der Waals surface area contributed by atoms with Crippen LogP contribution in [0.5, 0.6) is 11.5 Å². The summed E-state index contributed by atoms with van der Waals surface area (Å²) in [5.74, 6) is 0.0479. The predicted octanol–water partition coefficient (Wildman–Crippen LogP) is 3.69. The van der Waals surface area contributed by atoms with E-state index in [0.29, 0.717) is 25.5 Å². The summed E-state index contributed by atoms with van der Waals surface area (Å²) >= 11 is 0. The van der Waals surface area contributed by atoms with Gasteiger partial charge in [-0.15, -0.1) is 0 Å². The molecule has 9 heteroatoms. The Morgan fingerprint density at radius 3 is 2.48 bits per heavy atom. The van der Waals surface area contributed by atoms with E-state index in [9.17, 15) is 14.9 Å². The molecule has 1 aliphatic heterocycles. The number of carbonyl (C=O) groups excluding carboxylic acids is 1. The number of imidazole rings is 1. The van der Waals surface area contributed by atoms with E-state index in [4.69, 9.17) is 9.47 Å². The number of nitrogens with zero attached hydrogens (tertiary/aromatic N) is 3. The smallest absolute Gasteiger partial charge is 0.286 e. The average molecular weight is 444 g/mol. The number of nitro groups is 1. The molecule has 1 aromatic heterocycles. The van der Waals surface area contributed by atoms with E-state index < -0.39 is 10.8 Å². The molecular formula is C24H20N4O5. The molecule has 0 radical (unpaired) electrons. The molecule has 0 unspecified atom stereocenters. The molecule has 0 fully saturated rings. The van der Waals surface area contributed by atoms with Gasteiger partial charge < -0.3 is 19.4 Å². The summed E-state index contributed by atoms with van der Waals surface area (Å²) < 4.78 is 12.9. The second kappa shape index (κ2) is 8.62. The molecular weight excluding hydrogens is 424 g/mol. The third kappa shape index (κ3) is 4.20. The van der Waals surface area contributed by atoms with Crippen molar-refractivity contribution < 1.29 is 19.2 Å². The zero-order valence-electron chi connectivity index (χ0n) is 17.6. The van der Waals surface area contributed by atoms with Crippen molar-refractivity contribution in [1.82, 2.24) is 14.9 Å². The second-order valence-electron chi connectivity index (χ2n) is 7.63. The van der Waals surface area contributed by atoms with Crippen LogP contribution in [0.25, 0.3) is 11.0 Å². The number of nitrogens with one attached hydrogen (secondary N) is 1. The van der Waals surface area contributed by atoms with Gasteiger partial charge in [-0.3, -0.25) is 14.9 Å². The molecule has 1 amide bonds. The summed E-state index contributed by atoms with van der Waals surface area (Å²) in [5, 5.41) is 14.2. The van der Waals surface area contributed by atoms with Crippen LogP contribution in [-0.4, -0.2) is 33.6 Å². The molecule has 0 atom stereocenters. The van der Waals surface area contributed by atoms with E-state index in [-0.39, 0.29) is 23.5 Å². The summed E-state index contributed by atoms with van der Waals surface area (Å²) in [6.45, 7) is 1.55. The monoisotopic (exact) mass is 444 g/mol. The van der Waals surface area contributed by atoms with E-state index >= 15 is 0 Å². The summed E-state index contributed by atoms with van der Waals surface area (Å²) in [5.41, 5.74) is 3.60. The first-order valence-electron chi connectivity index (χ1n) is 10.4. The highest BCUT2D eigenvalue weighted by atomic mass is 16.6. The van der Waals surface area contributed by atoms with Gasteiger partial charge in [-0.1, -0.05) is 36.4 Å². The molecule has 0 saturated heterocycles. The summed E-state index contributed by atoms with van der Waals surface area (Å²) in [7, 11) is 0. The number of nitro benzene ring substituents is 1. The number of para-hydroxylation sites is 2. The third-order valence-electron chi connectivity index (χ3n) is 5.46. The van der Waals surface area contributed by atoms with Crippen molar-refractivity contribution in [2.24, 2.45) is 0 Å². The lowest BCUT2D eigenvalue weighted by molar-refractivity contribution is -0.385. The van der Waals surface area contributed by atoms with Crippen LogP contribution in [0.1, 0.15) is 21.5 Å². The Morgan fingerprint density at radius 2 is 1.73 bits per heavy atom. The molecule has 5 rings (SSSR count). The molecule has 0 saturated carbocycles. The van der Waals surface area contributed by atoms with Crippen LogP contribution in [0.2, 0.25) is 0 Å². The highest BCUT2D eigenvalue weighted by Gasteiger charge is 2.26. The molecule has 1 aliphatic rings. The van der Waals surface area contributed by atoms with Crippen molar-refractivity contribution in [2.75, 3.05) is 13.2 Å². The maximum atomic E-state index is 12.7. The third-order valence-corrected chi connectivity index (χ3v) is 5.46. The van der Waals surface area contributed by atoms with E-state index in [1.807, 2.05) is 54.9 Å². The Labute approximate surface area is 188 Å². The Morgan fingerprint density at radius 1 is 1.03 bits per heavy atom. The predicted molar refractivity (Wildman–Crippen MR) is 121 cm³/mol. The van der Waals surface area contributed by atoms with Crippen LogP contribution in [0.4, 0.5) is 5.69 Å². The average Bonchev–Trinajstić information content (AvgIpc) is 3.25. The van der Waals surface area contributed by atoms with E-state index in [1.165, 1.54) is 12.1 Å². The van der Waals surface area contributed by atoms with Gasteiger partial charge in [0.15, 0.2) is 11.5 Å². The second-order valence-corrected chi connectivity index (χ2v) is 7.63. The summed E-state index contributed by atoms with van der Waals surface area (Å²) in [6.07, 6.45) is 1.82. The first-order valence-corrected chi connectivity index (χ1v) is 10.4. The highest BCUT2D eigenvalue weighted by molar-refractivity contribution is 5.99. The Bertz CT molecular complexity index is 1350. The number of ether oxygens (including phenoxy) is 2. The van der Waals surface area contributed by atoms with Gasteiger partial charge in [0.1, 0.15) is 18.8 Å². The van der Waals surface area contributed by atoms with Crippen LogP contribution in [0.15, 0.2) is 67.0 Å². The topological polar surface area (TPSA) is 109 Å². The van der Waals surface area contributed by atoms with Crippen molar-refractivity contribution in [2.45, 2.75) is 13.1 Å². The number of rotatable bonds is 6. The Balaban J connectivity index is 1.27. The van der Waals surface area contributed by atoms with Gasteiger partial charge in [-0.05, 0) is 23.3 Å². The number of amides is 1. The van der Waals surface area contributed by atoms with Gasteiger partial charge in [0, 0.05) is 19.2 Å². The van der Waals surface area contributed by atoms with Crippen molar-refractivity contribution in [3.63, 3.8) is 0 Å². The normalized spacial score (nSPS) is 12.5. The van der Waals surface area contributed by atoms with Crippen LogP contribution in [0.3, 0.4) is 0 Å². The highest BCUT2D eigenvalue weighted by Crippen LogP contribution is 2.36. The number of benzene rings is 3. The number of aromatic nitrogens is 2. The molecule has 2 heterocycles. The van der Waals surface area contributed by atoms with Crippen molar-refractivity contribution in [1.29, 1.82) is 0 Å². The SMILES string of the molecule is O=C(NCc1ccc(Cn2cnc3ccccc32)cc1)c1cc2c(cc1[N+](=O)[O-])OCCO2. The zero-order chi connectivity index (χ0) is 22.8. The molecule has 0 aliphatic carbocycles. The lowest BCUT2D eigenvalue weighted by Crippen LogP contribution is -2.24. The maximum absolute atomic E-state index is 12.7. The van der Waals surface area contributed by atoms with Gasteiger partial charge in [0.2, 0.25) is 0 Å². The van der Waals surface area contributed by atoms with Crippen molar-refractivity contribution in [3.05, 3.63) is 93.8 Å². The maximum Gasteiger partial charge on any atom is 0.286 e. The van der Waals surface area contributed by atoms with Gasteiger partial charge in [-0.2, -0.15) is 0 Å². The summed E-state index contributed by atoms with van der Waals surface area (Å²) in [4.78, 5) is 28.0.